The summed E-state index contributed by atoms with van der Waals surface area (Å²) in [5.74, 6) is 0. The van der Waals surface area contributed by atoms with Gasteiger partial charge in [-0.3, -0.25) is 4.90 Å². The Morgan fingerprint density at radius 3 is 2.53 bits per heavy atom. The molecule has 80 valence electrons. The fraction of sp³-hybridized carbons (Fsp3) is 0.429. The van der Waals surface area contributed by atoms with Crippen LogP contribution in [0.25, 0.3) is 6.08 Å². The van der Waals surface area contributed by atoms with Crippen LogP contribution in [0.3, 0.4) is 0 Å². The summed E-state index contributed by atoms with van der Waals surface area (Å²) in [6, 6.07) is 10.6. The van der Waals surface area contributed by atoms with Crippen molar-refractivity contribution in [3.8, 4) is 0 Å². The van der Waals surface area contributed by atoms with E-state index in [0.29, 0.717) is 0 Å². The van der Waals surface area contributed by atoms with Gasteiger partial charge >= 0.3 is 0 Å². The van der Waals surface area contributed by atoms with Crippen molar-refractivity contribution < 1.29 is 0 Å². The van der Waals surface area contributed by atoms with Crippen molar-refractivity contribution in [2.75, 3.05) is 19.6 Å². The van der Waals surface area contributed by atoms with E-state index in [4.69, 9.17) is 0 Å². The second-order valence-corrected chi connectivity index (χ2v) is 4.38. The first kappa shape index (κ1) is 10.4. The molecule has 0 unspecified atom stereocenters. The summed E-state index contributed by atoms with van der Waals surface area (Å²) < 4.78 is 0. The lowest BCUT2D eigenvalue weighted by Crippen LogP contribution is -2.20. The van der Waals surface area contributed by atoms with Gasteiger partial charge in [0.1, 0.15) is 0 Å². The number of likely N-dealkylation sites (tertiary alicyclic amines) is 1. The highest BCUT2D eigenvalue weighted by molar-refractivity contribution is 5.52. The summed E-state index contributed by atoms with van der Waals surface area (Å²) >= 11 is 0. The SMILES string of the molecule is C/C(=C\c1ccccc1)CN1CCCC1. The number of hydrogen-bond acceptors (Lipinski definition) is 1. The third-order valence-electron chi connectivity index (χ3n) is 2.88. The van der Waals surface area contributed by atoms with Crippen molar-refractivity contribution in [2.45, 2.75) is 19.8 Å². The molecule has 2 rings (SSSR count). The largest absolute Gasteiger partial charge is 0.299 e. The molecule has 0 atom stereocenters. The molecule has 1 heterocycles. The highest BCUT2D eigenvalue weighted by atomic mass is 15.1. The predicted octanol–water partition coefficient (Wildman–Crippen LogP) is 3.19. The molecule has 1 nitrogen and oxygen atoms in total. The fourth-order valence-corrected chi connectivity index (χ4v) is 2.17. The van der Waals surface area contributed by atoms with Crippen molar-refractivity contribution in [3.05, 3.63) is 41.5 Å². The highest BCUT2D eigenvalue weighted by Crippen LogP contribution is 2.12. The Kier molecular flexibility index (Phi) is 3.57. The van der Waals surface area contributed by atoms with E-state index in [-0.39, 0.29) is 0 Å². The molecule has 1 aromatic carbocycles. The van der Waals surface area contributed by atoms with Crippen LogP contribution < -0.4 is 0 Å². The smallest absolute Gasteiger partial charge is 0.0193 e. The summed E-state index contributed by atoms with van der Waals surface area (Å²) in [5, 5.41) is 0. The molecule has 0 amide bonds. The normalized spacial score (nSPS) is 18.3. The third-order valence-corrected chi connectivity index (χ3v) is 2.88. The van der Waals surface area contributed by atoms with Gasteiger partial charge in [0, 0.05) is 6.54 Å². The van der Waals surface area contributed by atoms with Gasteiger partial charge < -0.3 is 0 Å². The van der Waals surface area contributed by atoms with Crippen LogP contribution in [0, 0.1) is 0 Å². The van der Waals surface area contributed by atoms with E-state index in [2.05, 4.69) is 48.2 Å². The van der Waals surface area contributed by atoms with Crippen LogP contribution >= 0.6 is 0 Å². The Morgan fingerprint density at radius 1 is 1.20 bits per heavy atom. The molecule has 1 saturated heterocycles. The first-order valence-corrected chi connectivity index (χ1v) is 5.79. The summed E-state index contributed by atoms with van der Waals surface area (Å²) in [5.41, 5.74) is 2.78. The number of nitrogens with zero attached hydrogens (tertiary/aromatic N) is 1. The third kappa shape index (κ3) is 3.21. The minimum absolute atomic E-state index is 1.13. The fourth-order valence-electron chi connectivity index (χ4n) is 2.17. The standard InChI is InChI=1S/C14H19N/c1-13(12-15-9-5-6-10-15)11-14-7-3-2-4-8-14/h2-4,7-8,11H,5-6,9-10,12H2,1H3/b13-11+. The van der Waals surface area contributed by atoms with Crippen LogP contribution in [0.2, 0.25) is 0 Å². The molecular weight excluding hydrogens is 182 g/mol. The zero-order valence-corrected chi connectivity index (χ0v) is 9.45. The molecule has 1 aromatic rings. The lowest BCUT2D eigenvalue weighted by Gasteiger charge is -2.14. The number of benzene rings is 1. The van der Waals surface area contributed by atoms with Gasteiger partial charge in [0.05, 0.1) is 0 Å². The maximum atomic E-state index is 2.54. The molecule has 0 aromatic heterocycles. The maximum absolute atomic E-state index is 2.54. The minimum Gasteiger partial charge on any atom is -0.299 e. The average molecular weight is 201 g/mol. The molecule has 0 aliphatic carbocycles. The molecule has 0 saturated carbocycles. The van der Waals surface area contributed by atoms with Gasteiger partial charge in [-0.2, -0.15) is 0 Å². The molecule has 15 heavy (non-hydrogen) atoms. The van der Waals surface area contributed by atoms with Crippen molar-refractivity contribution in [1.29, 1.82) is 0 Å². The second kappa shape index (κ2) is 5.13. The van der Waals surface area contributed by atoms with Crippen LogP contribution in [0.5, 0.6) is 0 Å². The second-order valence-electron chi connectivity index (χ2n) is 4.38. The van der Waals surface area contributed by atoms with E-state index in [1.165, 1.54) is 37.1 Å². The summed E-state index contributed by atoms with van der Waals surface area (Å²) in [6.45, 7) is 5.92. The molecule has 1 fully saturated rings. The Labute approximate surface area is 92.4 Å². The van der Waals surface area contributed by atoms with Gasteiger partial charge in [0.25, 0.3) is 0 Å². The monoisotopic (exact) mass is 201 g/mol. The maximum Gasteiger partial charge on any atom is 0.0193 e. The zero-order chi connectivity index (χ0) is 10.5. The van der Waals surface area contributed by atoms with Crippen LogP contribution in [-0.4, -0.2) is 24.5 Å². The van der Waals surface area contributed by atoms with E-state index in [0.717, 1.165) is 6.54 Å². The van der Waals surface area contributed by atoms with Crippen molar-refractivity contribution in [3.63, 3.8) is 0 Å². The highest BCUT2D eigenvalue weighted by Gasteiger charge is 2.10. The van der Waals surface area contributed by atoms with E-state index < -0.39 is 0 Å². The molecular formula is C14H19N. The Hall–Kier alpha value is -1.08. The van der Waals surface area contributed by atoms with Crippen molar-refractivity contribution in [1.82, 2.24) is 4.90 Å². The quantitative estimate of drug-likeness (QED) is 0.726. The molecule has 0 spiro atoms. The van der Waals surface area contributed by atoms with Gasteiger partial charge in [-0.1, -0.05) is 42.0 Å². The number of hydrogen-bond donors (Lipinski definition) is 0. The van der Waals surface area contributed by atoms with Gasteiger partial charge in [-0.25, -0.2) is 0 Å². The van der Waals surface area contributed by atoms with E-state index in [1.807, 2.05) is 0 Å². The van der Waals surface area contributed by atoms with Gasteiger partial charge in [0.2, 0.25) is 0 Å². The van der Waals surface area contributed by atoms with Crippen LogP contribution in [0.4, 0.5) is 0 Å². The zero-order valence-electron chi connectivity index (χ0n) is 9.45. The summed E-state index contributed by atoms with van der Waals surface area (Å²) in [4.78, 5) is 2.54. The molecule has 1 aliphatic heterocycles. The molecule has 1 aliphatic rings. The molecule has 0 radical (unpaired) electrons. The molecule has 0 bridgehead atoms. The summed E-state index contributed by atoms with van der Waals surface area (Å²) in [6.07, 6.45) is 5.04. The van der Waals surface area contributed by atoms with Gasteiger partial charge in [0.15, 0.2) is 0 Å². The predicted molar refractivity (Wildman–Crippen MR) is 65.8 cm³/mol. The van der Waals surface area contributed by atoms with E-state index >= 15 is 0 Å². The Bertz CT molecular complexity index is 320. The first-order valence-electron chi connectivity index (χ1n) is 5.79. The van der Waals surface area contributed by atoms with Gasteiger partial charge in [-0.15, -0.1) is 0 Å². The average Bonchev–Trinajstić information content (AvgIpc) is 2.71. The van der Waals surface area contributed by atoms with Crippen molar-refractivity contribution >= 4 is 6.08 Å². The minimum atomic E-state index is 1.13. The van der Waals surface area contributed by atoms with Crippen LogP contribution in [-0.2, 0) is 0 Å². The lowest BCUT2D eigenvalue weighted by molar-refractivity contribution is 0.369. The lowest BCUT2D eigenvalue weighted by atomic mass is 10.1. The van der Waals surface area contributed by atoms with E-state index in [1.54, 1.807) is 0 Å². The first-order chi connectivity index (χ1) is 7.34. The van der Waals surface area contributed by atoms with Gasteiger partial charge in [-0.05, 0) is 38.4 Å². The Morgan fingerprint density at radius 2 is 1.87 bits per heavy atom. The molecule has 1 heteroatoms. The topological polar surface area (TPSA) is 3.24 Å². The van der Waals surface area contributed by atoms with Crippen LogP contribution in [0.1, 0.15) is 25.3 Å². The molecule has 0 N–H and O–H groups in total. The van der Waals surface area contributed by atoms with Crippen molar-refractivity contribution in [2.24, 2.45) is 0 Å². The van der Waals surface area contributed by atoms with E-state index in [9.17, 15) is 0 Å². The Balaban J connectivity index is 1.95. The summed E-state index contributed by atoms with van der Waals surface area (Å²) in [7, 11) is 0. The van der Waals surface area contributed by atoms with Crippen LogP contribution in [0.15, 0.2) is 35.9 Å². The number of rotatable bonds is 3.